The van der Waals surface area contributed by atoms with Gasteiger partial charge < -0.3 is 15.4 Å². The number of amides is 2. The lowest BCUT2D eigenvalue weighted by atomic mass is 10.2. The molecule has 0 atom stereocenters. The normalized spacial score (nSPS) is 9.57. The highest BCUT2D eigenvalue weighted by molar-refractivity contribution is 6.08. The number of benzene rings is 2. The Morgan fingerprint density at radius 3 is 2.22 bits per heavy atom. The van der Waals surface area contributed by atoms with Gasteiger partial charge in [-0.15, -0.1) is 0 Å². The number of hydrogen-bond acceptors (Lipinski definition) is 4. The standard InChI is InChI=1S/C17H15N3O3/c1-23-15-9-5-4-8-14(15)20-17(22)10-16(21)19-13-7-3-2-6-12(13)11-18/h2-9H,10H2,1H3,(H,19,21)(H,20,22). The van der Waals surface area contributed by atoms with Gasteiger partial charge in [-0.25, -0.2) is 0 Å². The van der Waals surface area contributed by atoms with Gasteiger partial charge in [0.05, 0.1) is 24.0 Å². The van der Waals surface area contributed by atoms with E-state index in [1.165, 1.54) is 7.11 Å². The van der Waals surface area contributed by atoms with Crippen LogP contribution in [0.1, 0.15) is 12.0 Å². The Hall–Kier alpha value is -3.33. The molecular weight excluding hydrogens is 294 g/mol. The number of ether oxygens (including phenoxy) is 1. The number of nitrogens with one attached hydrogen (secondary N) is 2. The molecule has 6 heteroatoms. The van der Waals surface area contributed by atoms with E-state index in [1.807, 2.05) is 6.07 Å². The maximum atomic E-state index is 11.9. The molecule has 0 bridgehead atoms. The molecule has 0 unspecified atom stereocenters. The number of nitrogens with zero attached hydrogens (tertiary/aromatic N) is 1. The van der Waals surface area contributed by atoms with Gasteiger partial charge in [0, 0.05) is 0 Å². The molecule has 2 aromatic carbocycles. The minimum atomic E-state index is -0.500. The van der Waals surface area contributed by atoms with Crippen molar-refractivity contribution in [1.29, 1.82) is 5.26 Å². The van der Waals surface area contributed by atoms with Crippen molar-refractivity contribution < 1.29 is 14.3 Å². The fourth-order valence-corrected chi connectivity index (χ4v) is 1.97. The summed E-state index contributed by atoms with van der Waals surface area (Å²) in [5, 5.41) is 14.1. The third kappa shape index (κ3) is 4.32. The van der Waals surface area contributed by atoms with Crippen LogP contribution in [0.3, 0.4) is 0 Å². The fraction of sp³-hybridized carbons (Fsp3) is 0.118. The second-order valence-corrected chi connectivity index (χ2v) is 4.63. The zero-order chi connectivity index (χ0) is 16.7. The molecule has 0 aliphatic heterocycles. The molecule has 0 saturated heterocycles. The first-order chi connectivity index (χ1) is 11.1. The Balaban J connectivity index is 1.98. The number of methoxy groups -OCH3 is 1. The van der Waals surface area contributed by atoms with Gasteiger partial charge in [0.2, 0.25) is 11.8 Å². The van der Waals surface area contributed by atoms with Gasteiger partial charge in [0.15, 0.2) is 0 Å². The smallest absolute Gasteiger partial charge is 0.233 e. The highest BCUT2D eigenvalue weighted by Gasteiger charge is 2.13. The Kier molecular flexibility index (Phi) is 5.31. The van der Waals surface area contributed by atoms with Crippen molar-refractivity contribution in [2.75, 3.05) is 17.7 Å². The first-order valence-corrected chi connectivity index (χ1v) is 6.86. The van der Waals surface area contributed by atoms with E-state index in [1.54, 1.807) is 48.5 Å². The average molecular weight is 309 g/mol. The summed E-state index contributed by atoms with van der Waals surface area (Å²) in [6.07, 6.45) is -0.363. The van der Waals surface area contributed by atoms with Gasteiger partial charge in [-0.1, -0.05) is 24.3 Å². The molecule has 2 amide bonds. The van der Waals surface area contributed by atoms with Crippen molar-refractivity contribution in [3.8, 4) is 11.8 Å². The van der Waals surface area contributed by atoms with E-state index in [0.29, 0.717) is 22.7 Å². The Labute approximate surface area is 133 Å². The van der Waals surface area contributed by atoms with Crippen LogP contribution in [0.2, 0.25) is 0 Å². The van der Waals surface area contributed by atoms with Gasteiger partial charge in [-0.2, -0.15) is 5.26 Å². The van der Waals surface area contributed by atoms with Crippen LogP contribution >= 0.6 is 0 Å². The highest BCUT2D eigenvalue weighted by atomic mass is 16.5. The molecule has 2 rings (SSSR count). The van der Waals surface area contributed by atoms with Crippen molar-refractivity contribution in [2.45, 2.75) is 6.42 Å². The van der Waals surface area contributed by atoms with Gasteiger partial charge in [0.25, 0.3) is 0 Å². The third-order valence-corrected chi connectivity index (χ3v) is 3.02. The maximum absolute atomic E-state index is 11.9. The van der Waals surface area contributed by atoms with Crippen molar-refractivity contribution in [3.05, 3.63) is 54.1 Å². The Morgan fingerprint density at radius 2 is 1.57 bits per heavy atom. The summed E-state index contributed by atoms with van der Waals surface area (Å²) in [5.74, 6) is -0.461. The number of anilines is 2. The molecule has 0 aliphatic carbocycles. The van der Waals surface area contributed by atoms with Crippen molar-refractivity contribution in [2.24, 2.45) is 0 Å². The number of para-hydroxylation sites is 3. The first kappa shape index (κ1) is 16.0. The Bertz CT molecular complexity index is 766. The quantitative estimate of drug-likeness (QED) is 0.830. The molecule has 0 radical (unpaired) electrons. The molecular formula is C17H15N3O3. The summed E-state index contributed by atoms with van der Waals surface area (Å²) >= 11 is 0. The van der Waals surface area contributed by atoms with Crippen LogP contribution in [0.25, 0.3) is 0 Å². The molecule has 0 aromatic heterocycles. The third-order valence-electron chi connectivity index (χ3n) is 3.02. The number of carbonyl (C=O) groups excluding carboxylic acids is 2. The highest BCUT2D eigenvalue weighted by Crippen LogP contribution is 2.23. The van der Waals surface area contributed by atoms with E-state index < -0.39 is 11.8 Å². The van der Waals surface area contributed by atoms with Crippen LogP contribution < -0.4 is 15.4 Å². The van der Waals surface area contributed by atoms with E-state index >= 15 is 0 Å². The molecule has 0 fully saturated rings. The van der Waals surface area contributed by atoms with E-state index in [4.69, 9.17) is 10.00 Å². The van der Waals surface area contributed by atoms with Gasteiger partial charge in [-0.3, -0.25) is 9.59 Å². The largest absolute Gasteiger partial charge is 0.495 e. The van der Waals surface area contributed by atoms with Crippen molar-refractivity contribution >= 4 is 23.2 Å². The molecule has 0 heterocycles. The van der Waals surface area contributed by atoms with Crippen LogP contribution in [0, 0.1) is 11.3 Å². The van der Waals surface area contributed by atoms with Crippen LogP contribution in [0.15, 0.2) is 48.5 Å². The second kappa shape index (κ2) is 7.61. The summed E-state index contributed by atoms with van der Waals surface area (Å²) in [4.78, 5) is 23.9. The lowest BCUT2D eigenvalue weighted by molar-refractivity contribution is -0.123. The first-order valence-electron chi connectivity index (χ1n) is 6.86. The lowest BCUT2D eigenvalue weighted by Crippen LogP contribution is -2.22. The zero-order valence-electron chi connectivity index (χ0n) is 12.5. The molecule has 2 aromatic rings. The van der Waals surface area contributed by atoms with E-state index in [2.05, 4.69) is 10.6 Å². The molecule has 6 nitrogen and oxygen atoms in total. The summed E-state index contributed by atoms with van der Waals surface area (Å²) < 4.78 is 5.13. The number of nitriles is 1. The van der Waals surface area contributed by atoms with Crippen LogP contribution in [0.4, 0.5) is 11.4 Å². The zero-order valence-corrected chi connectivity index (χ0v) is 12.5. The predicted molar refractivity (Wildman–Crippen MR) is 86.0 cm³/mol. The molecule has 23 heavy (non-hydrogen) atoms. The summed E-state index contributed by atoms with van der Waals surface area (Å²) in [7, 11) is 1.50. The molecule has 0 saturated carbocycles. The predicted octanol–water partition coefficient (Wildman–Crippen LogP) is 2.53. The summed E-state index contributed by atoms with van der Waals surface area (Å²) in [6.45, 7) is 0. The minimum absolute atomic E-state index is 0.339. The topological polar surface area (TPSA) is 91.2 Å². The average Bonchev–Trinajstić information content (AvgIpc) is 2.55. The molecule has 2 N–H and O–H groups in total. The second-order valence-electron chi connectivity index (χ2n) is 4.63. The van der Waals surface area contributed by atoms with E-state index in [0.717, 1.165) is 0 Å². The van der Waals surface area contributed by atoms with Crippen molar-refractivity contribution in [1.82, 2.24) is 0 Å². The van der Waals surface area contributed by atoms with Crippen LogP contribution in [-0.2, 0) is 9.59 Å². The van der Waals surface area contributed by atoms with Crippen LogP contribution in [0.5, 0.6) is 5.75 Å². The van der Waals surface area contributed by atoms with Crippen LogP contribution in [-0.4, -0.2) is 18.9 Å². The minimum Gasteiger partial charge on any atom is -0.495 e. The van der Waals surface area contributed by atoms with E-state index in [9.17, 15) is 9.59 Å². The maximum Gasteiger partial charge on any atom is 0.233 e. The number of carbonyl (C=O) groups is 2. The monoisotopic (exact) mass is 309 g/mol. The summed E-state index contributed by atoms with van der Waals surface area (Å²) in [6, 6.07) is 15.5. The lowest BCUT2D eigenvalue weighted by Gasteiger charge is -2.10. The Morgan fingerprint density at radius 1 is 1.00 bits per heavy atom. The summed E-state index contributed by atoms with van der Waals surface area (Å²) in [5.41, 5.74) is 1.21. The molecule has 0 spiro atoms. The number of hydrogen-bond donors (Lipinski definition) is 2. The molecule has 116 valence electrons. The van der Waals surface area contributed by atoms with Gasteiger partial charge in [-0.05, 0) is 24.3 Å². The van der Waals surface area contributed by atoms with Crippen molar-refractivity contribution in [3.63, 3.8) is 0 Å². The van der Waals surface area contributed by atoms with Gasteiger partial charge >= 0.3 is 0 Å². The SMILES string of the molecule is COc1ccccc1NC(=O)CC(=O)Nc1ccccc1C#N. The fourth-order valence-electron chi connectivity index (χ4n) is 1.97. The number of rotatable bonds is 5. The molecule has 0 aliphatic rings. The van der Waals surface area contributed by atoms with Gasteiger partial charge in [0.1, 0.15) is 18.2 Å². The van der Waals surface area contributed by atoms with E-state index in [-0.39, 0.29) is 6.42 Å².